The maximum absolute atomic E-state index is 12.7. The molecule has 0 atom stereocenters. The van der Waals surface area contributed by atoms with Crippen molar-refractivity contribution < 1.29 is 33.3 Å². The van der Waals surface area contributed by atoms with Gasteiger partial charge >= 0.3 is 0 Å². The van der Waals surface area contributed by atoms with Crippen molar-refractivity contribution in [2.75, 3.05) is 13.1 Å². The fourth-order valence-corrected chi connectivity index (χ4v) is 4.92. The van der Waals surface area contributed by atoms with Gasteiger partial charge in [-0.25, -0.2) is 0 Å². The van der Waals surface area contributed by atoms with E-state index in [-0.39, 0.29) is 29.6 Å². The van der Waals surface area contributed by atoms with Crippen LogP contribution in [0.15, 0.2) is 55.4 Å². The minimum absolute atomic E-state index is 0.0391. The van der Waals surface area contributed by atoms with Gasteiger partial charge in [0.05, 0.1) is 0 Å². The second-order valence-electron chi connectivity index (χ2n) is 9.09. The summed E-state index contributed by atoms with van der Waals surface area (Å²) >= 11 is 0. The molecule has 0 radical (unpaired) electrons. The molecule has 1 saturated carbocycles. The lowest BCUT2D eigenvalue weighted by Crippen LogP contribution is -2.38. The lowest BCUT2D eigenvalue weighted by molar-refractivity contribution is -0.138. The Balaban J connectivity index is 1.10. The van der Waals surface area contributed by atoms with Crippen molar-refractivity contribution >= 4 is 17.7 Å². The normalized spacial score (nSPS) is 23.8. The van der Waals surface area contributed by atoms with Crippen LogP contribution in [0.5, 0.6) is 0 Å². The summed E-state index contributed by atoms with van der Waals surface area (Å²) in [6.45, 7) is 0.955. The molecule has 0 aromatic heterocycles. The van der Waals surface area contributed by atoms with Crippen molar-refractivity contribution in [2.45, 2.75) is 44.7 Å². The molecule has 3 heterocycles. The number of imide groups is 1. The van der Waals surface area contributed by atoms with Crippen LogP contribution in [0.1, 0.15) is 55.0 Å². The van der Waals surface area contributed by atoms with Crippen molar-refractivity contribution in [3.63, 3.8) is 0 Å². The minimum Gasteiger partial charge on any atom is -0.455 e. The average molecular weight is 481 g/mol. The van der Waals surface area contributed by atoms with Gasteiger partial charge in [-0.2, -0.15) is 0 Å². The largest absolute Gasteiger partial charge is 0.455 e. The second-order valence-corrected chi connectivity index (χ2v) is 9.09. The van der Waals surface area contributed by atoms with E-state index in [1.165, 1.54) is 42.1 Å². The molecule has 1 fully saturated rings. The number of hydrogen-bond donors (Lipinski definition) is 1. The van der Waals surface area contributed by atoms with E-state index in [4.69, 9.17) is 18.9 Å². The van der Waals surface area contributed by atoms with Gasteiger partial charge in [-0.15, -0.1) is 0 Å². The highest BCUT2D eigenvalue weighted by Crippen LogP contribution is 2.35. The number of amides is 3. The smallest absolute Gasteiger partial charge is 0.266 e. The third-order valence-corrected chi connectivity index (χ3v) is 6.85. The molecule has 9 nitrogen and oxygen atoms in total. The highest BCUT2D eigenvalue weighted by Gasteiger charge is 2.31. The summed E-state index contributed by atoms with van der Waals surface area (Å²) in [5, 5.41) is 3.06. The Hall–Kier alpha value is -3.75. The average Bonchev–Trinajstić information content (AvgIpc) is 3.65. The van der Waals surface area contributed by atoms with Crippen LogP contribution in [0.25, 0.3) is 0 Å². The Morgan fingerprint density at radius 1 is 0.857 bits per heavy atom. The van der Waals surface area contributed by atoms with E-state index in [9.17, 15) is 14.4 Å². The van der Waals surface area contributed by atoms with Crippen molar-refractivity contribution in [3.05, 3.63) is 72.1 Å². The molecule has 1 aliphatic carbocycles. The van der Waals surface area contributed by atoms with Crippen LogP contribution < -0.4 is 5.32 Å². The van der Waals surface area contributed by atoms with Gasteiger partial charge in [0.1, 0.15) is 25.0 Å². The van der Waals surface area contributed by atoms with Crippen molar-refractivity contribution in [1.82, 2.24) is 10.2 Å². The summed E-state index contributed by atoms with van der Waals surface area (Å²) in [6, 6.07) is 5.91. The van der Waals surface area contributed by atoms with Gasteiger partial charge in [0.2, 0.25) is 5.91 Å². The standard InChI is InChI=1S/C26H28N2O7/c29-22-7-8-23(30)28(22)16-18-1-4-19(5-2-18)24(31)27-10-9-17-3-6-20(25-32-11-12-33-25)21(15-17)26-34-13-14-35-26/h3,6-8,11-15,18-19,25-26H,1-2,4-5,9-10,16H2,(H,27,31). The first-order chi connectivity index (χ1) is 17.1. The molecule has 184 valence electrons. The van der Waals surface area contributed by atoms with Crippen LogP contribution in [0.4, 0.5) is 0 Å². The first-order valence-electron chi connectivity index (χ1n) is 11.9. The molecule has 3 aliphatic heterocycles. The molecular formula is C26H28N2O7. The summed E-state index contributed by atoms with van der Waals surface area (Å²) < 4.78 is 22.0. The molecule has 1 aromatic rings. The summed E-state index contributed by atoms with van der Waals surface area (Å²) in [6.07, 6.45) is 11.4. The Labute approximate surface area is 203 Å². The zero-order valence-corrected chi connectivity index (χ0v) is 19.3. The monoisotopic (exact) mass is 480 g/mol. The van der Waals surface area contributed by atoms with Crippen molar-refractivity contribution in [1.29, 1.82) is 0 Å². The molecule has 4 aliphatic rings. The third kappa shape index (κ3) is 5.18. The molecule has 5 rings (SSSR count). The first-order valence-corrected chi connectivity index (χ1v) is 11.9. The van der Waals surface area contributed by atoms with Gasteiger partial charge in [-0.1, -0.05) is 12.1 Å². The summed E-state index contributed by atoms with van der Waals surface area (Å²) in [5.74, 6) is -0.216. The molecule has 0 spiro atoms. The quantitative estimate of drug-likeness (QED) is 0.570. The number of carbonyl (C=O) groups is 3. The van der Waals surface area contributed by atoms with Gasteiger partial charge in [0.25, 0.3) is 24.4 Å². The number of benzene rings is 1. The molecule has 9 heteroatoms. The molecule has 0 bridgehead atoms. The Morgan fingerprint density at radius 2 is 1.46 bits per heavy atom. The molecule has 1 N–H and O–H groups in total. The van der Waals surface area contributed by atoms with E-state index < -0.39 is 12.6 Å². The Kier molecular flexibility index (Phi) is 6.74. The maximum atomic E-state index is 12.7. The highest BCUT2D eigenvalue weighted by molar-refractivity contribution is 6.12. The van der Waals surface area contributed by atoms with Gasteiger partial charge in [0, 0.05) is 42.3 Å². The third-order valence-electron chi connectivity index (χ3n) is 6.85. The topological polar surface area (TPSA) is 103 Å². The van der Waals surface area contributed by atoms with Crippen molar-refractivity contribution in [2.24, 2.45) is 11.8 Å². The number of rotatable bonds is 8. The molecule has 3 amide bonds. The Morgan fingerprint density at radius 3 is 2.09 bits per heavy atom. The van der Waals surface area contributed by atoms with E-state index in [2.05, 4.69) is 5.32 Å². The zero-order chi connectivity index (χ0) is 24.2. The van der Waals surface area contributed by atoms with Gasteiger partial charge in [-0.3, -0.25) is 19.3 Å². The van der Waals surface area contributed by atoms with E-state index in [0.29, 0.717) is 19.5 Å². The van der Waals surface area contributed by atoms with Crippen LogP contribution in [0, 0.1) is 11.8 Å². The SMILES string of the molecule is O=C(NCCc1ccc(C2OC=CO2)c(C2OC=CO2)c1)C1CCC(CN2C(=O)C=CC2=O)CC1. The fourth-order valence-electron chi connectivity index (χ4n) is 4.92. The molecule has 35 heavy (non-hydrogen) atoms. The van der Waals surface area contributed by atoms with Crippen LogP contribution in [-0.2, 0) is 39.8 Å². The Bertz CT molecular complexity index is 1040. The summed E-state index contributed by atoms with van der Waals surface area (Å²) in [7, 11) is 0. The molecule has 0 saturated heterocycles. The number of nitrogens with zero attached hydrogens (tertiary/aromatic N) is 1. The number of ether oxygens (including phenoxy) is 4. The minimum atomic E-state index is -0.565. The maximum Gasteiger partial charge on any atom is 0.266 e. The van der Waals surface area contributed by atoms with Crippen LogP contribution >= 0.6 is 0 Å². The zero-order valence-electron chi connectivity index (χ0n) is 19.3. The molecule has 0 unspecified atom stereocenters. The lowest BCUT2D eigenvalue weighted by Gasteiger charge is -2.30. The van der Waals surface area contributed by atoms with Crippen LogP contribution in [-0.4, -0.2) is 35.7 Å². The van der Waals surface area contributed by atoms with Crippen LogP contribution in [0.2, 0.25) is 0 Å². The fraction of sp³-hybridized carbons (Fsp3) is 0.423. The summed E-state index contributed by atoms with van der Waals surface area (Å²) in [4.78, 5) is 37.6. The predicted molar refractivity (Wildman–Crippen MR) is 123 cm³/mol. The summed E-state index contributed by atoms with van der Waals surface area (Å²) in [5.41, 5.74) is 2.67. The highest BCUT2D eigenvalue weighted by atomic mass is 16.7. The van der Waals surface area contributed by atoms with E-state index in [1.807, 2.05) is 18.2 Å². The number of carbonyl (C=O) groups excluding carboxylic acids is 3. The van der Waals surface area contributed by atoms with E-state index in [1.54, 1.807) is 0 Å². The lowest BCUT2D eigenvalue weighted by atomic mass is 9.81. The van der Waals surface area contributed by atoms with Gasteiger partial charge < -0.3 is 24.3 Å². The van der Waals surface area contributed by atoms with E-state index in [0.717, 1.165) is 42.4 Å². The second kappa shape index (κ2) is 10.2. The number of nitrogens with one attached hydrogen (secondary N) is 1. The number of hydrogen-bond acceptors (Lipinski definition) is 7. The van der Waals surface area contributed by atoms with E-state index >= 15 is 0 Å². The predicted octanol–water partition coefficient (Wildman–Crippen LogP) is 3.11. The first kappa shape index (κ1) is 23.0. The van der Waals surface area contributed by atoms with Crippen LogP contribution in [0.3, 0.4) is 0 Å². The van der Waals surface area contributed by atoms with Gasteiger partial charge in [-0.05, 0) is 49.7 Å². The molecule has 1 aromatic carbocycles. The molecular weight excluding hydrogens is 452 g/mol. The van der Waals surface area contributed by atoms with Gasteiger partial charge in [0.15, 0.2) is 0 Å². The van der Waals surface area contributed by atoms with Crippen molar-refractivity contribution in [3.8, 4) is 0 Å².